The number of hydrogen-bond acceptors (Lipinski definition) is 3. The second-order valence-corrected chi connectivity index (χ2v) is 5.13. The van der Waals surface area contributed by atoms with Crippen molar-refractivity contribution >= 4 is 5.97 Å². The number of likely N-dealkylation sites (N-methyl/N-ethyl adjacent to an activating group) is 1. The van der Waals surface area contributed by atoms with E-state index < -0.39 is 11.5 Å². The molecule has 1 heterocycles. The van der Waals surface area contributed by atoms with Gasteiger partial charge in [-0.15, -0.1) is 0 Å². The lowest BCUT2D eigenvalue weighted by atomic mass is 9.95. The number of carbonyl (C=O) groups is 1. The van der Waals surface area contributed by atoms with Gasteiger partial charge in [-0.1, -0.05) is 0 Å². The summed E-state index contributed by atoms with van der Waals surface area (Å²) in [5.74, 6) is -0.0669. The number of hydrogen-bond donors (Lipinski definition) is 1. The topological polar surface area (TPSA) is 49.8 Å². The Kier molecular flexibility index (Phi) is 4.74. The zero-order chi connectivity index (χ0) is 12.2. The number of rotatable bonds is 5. The molecule has 0 atom stereocenters. The summed E-state index contributed by atoms with van der Waals surface area (Å²) in [6, 6.07) is 0. The first-order valence-electron chi connectivity index (χ1n) is 5.97. The molecule has 94 valence electrons. The second kappa shape index (κ2) is 5.64. The minimum Gasteiger partial charge on any atom is -0.480 e. The molecular weight excluding hydrogens is 206 g/mol. The van der Waals surface area contributed by atoms with Gasteiger partial charge in [0, 0.05) is 13.2 Å². The normalized spacial score (nSPS) is 19.0. The van der Waals surface area contributed by atoms with E-state index in [1.807, 2.05) is 11.9 Å². The van der Waals surface area contributed by atoms with Gasteiger partial charge < -0.3 is 9.84 Å². The molecule has 1 N–H and O–H groups in total. The van der Waals surface area contributed by atoms with Crippen molar-refractivity contribution in [3.05, 3.63) is 0 Å². The van der Waals surface area contributed by atoms with E-state index in [4.69, 9.17) is 9.84 Å². The van der Waals surface area contributed by atoms with Gasteiger partial charge in [-0.25, -0.2) is 0 Å². The van der Waals surface area contributed by atoms with Crippen LogP contribution in [0.1, 0.15) is 33.1 Å². The van der Waals surface area contributed by atoms with E-state index >= 15 is 0 Å². The maximum absolute atomic E-state index is 11.1. The van der Waals surface area contributed by atoms with Crippen LogP contribution in [-0.2, 0) is 9.53 Å². The molecule has 4 nitrogen and oxygen atoms in total. The first kappa shape index (κ1) is 13.5. The summed E-state index contributed by atoms with van der Waals surface area (Å²) >= 11 is 0. The largest absolute Gasteiger partial charge is 0.480 e. The number of aliphatic carboxylic acids is 1. The molecule has 1 fully saturated rings. The van der Waals surface area contributed by atoms with Crippen LogP contribution in [-0.4, -0.2) is 48.3 Å². The average Bonchev–Trinajstić information content (AvgIpc) is 2.27. The summed E-state index contributed by atoms with van der Waals surface area (Å²) in [5.41, 5.74) is -0.773. The molecule has 16 heavy (non-hydrogen) atoms. The third-order valence-corrected chi connectivity index (χ3v) is 3.69. The third kappa shape index (κ3) is 3.46. The quantitative estimate of drug-likeness (QED) is 0.778. The molecule has 0 aromatic rings. The average molecular weight is 229 g/mol. The maximum Gasteiger partial charge on any atom is 0.323 e. The molecule has 0 bridgehead atoms. The van der Waals surface area contributed by atoms with Crippen LogP contribution in [0.2, 0.25) is 0 Å². The Hall–Kier alpha value is -0.610. The van der Waals surface area contributed by atoms with E-state index in [0.717, 1.165) is 39.0 Å². The highest BCUT2D eigenvalue weighted by Gasteiger charge is 2.32. The monoisotopic (exact) mass is 229 g/mol. The SMILES string of the molecule is CN(CCC1CCOCC1)C(C)(C)C(=O)O. The fourth-order valence-corrected chi connectivity index (χ4v) is 1.85. The van der Waals surface area contributed by atoms with Crippen LogP contribution < -0.4 is 0 Å². The number of carboxylic acid groups (broad SMARTS) is 1. The summed E-state index contributed by atoms with van der Waals surface area (Å²) in [7, 11) is 1.88. The first-order chi connectivity index (χ1) is 7.44. The minimum absolute atomic E-state index is 0.695. The predicted molar refractivity (Wildman–Crippen MR) is 62.5 cm³/mol. The van der Waals surface area contributed by atoms with Gasteiger partial charge in [-0.05, 0) is 52.6 Å². The Morgan fingerprint density at radius 3 is 2.50 bits per heavy atom. The molecule has 0 spiro atoms. The van der Waals surface area contributed by atoms with Gasteiger partial charge in [-0.3, -0.25) is 9.69 Å². The molecule has 1 aliphatic rings. The molecular formula is C12H23NO3. The molecule has 0 unspecified atom stereocenters. The molecule has 0 radical (unpaired) electrons. The van der Waals surface area contributed by atoms with Crippen molar-refractivity contribution in [2.75, 3.05) is 26.8 Å². The number of carboxylic acids is 1. The van der Waals surface area contributed by atoms with Gasteiger partial charge in [0.25, 0.3) is 0 Å². The molecule has 1 saturated heterocycles. The van der Waals surface area contributed by atoms with E-state index in [0.29, 0.717) is 5.92 Å². The zero-order valence-corrected chi connectivity index (χ0v) is 10.5. The van der Waals surface area contributed by atoms with Gasteiger partial charge in [0.05, 0.1) is 0 Å². The summed E-state index contributed by atoms with van der Waals surface area (Å²) in [6.07, 6.45) is 3.29. The highest BCUT2D eigenvalue weighted by Crippen LogP contribution is 2.21. The molecule has 0 aliphatic carbocycles. The predicted octanol–water partition coefficient (Wildman–Crippen LogP) is 1.60. The molecule has 4 heteroatoms. The lowest BCUT2D eigenvalue weighted by Gasteiger charge is -2.33. The molecule has 0 aromatic carbocycles. The highest BCUT2D eigenvalue weighted by atomic mass is 16.5. The van der Waals surface area contributed by atoms with Gasteiger partial charge >= 0.3 is 5.97 Å². The van der Waals surface area contributed by atoms with E-state index in [-0.39, 0.29) is 0 Å². The Labute approximate surface area is 97.6 Å². The van der Waals surface area contributed by atoms with Crippen LogP contribution in [0.15, 0.2) is 0 Å². The Bertz CT molecular complexity index is 234. The highest BCUT2D eigenvalue weighted by molar-refractivity contribution is 5.77. The van der Waals surface area contributed by atoms with Gasteiger partial charge in [0.15, 0.2) is 0 Å². The summed E-state index contributed by atoms with van der Waals surface area (Å²) in [4.78, 5) is 13.0. The third-order valence-electron chi connectivity index (χ3n) is 3.69. The Balaban J connectivity index is 2.33. The van der Waals surface area contributed by atoms with Gasteiger partial charge in [0.1, 0.15) is 5.54 Å². The molecule has 1 aliphatic heterocycles. The summed E-state index contributed by atoms with van der Waals surface area (Å²) in [6.45, 7) is 6.05. The summed E-state index contributed by atoms with van der Waals surface area (Å²) < 4.78 is 5.30. The Morgan fingerprint density at radius 1 is 1.44 bits per heavy atom. The van der Waals surface area contributed by atoms with Gasteiger partial charge in [0.2, 0.25) is 0 Å². The van der Waals surface area contributed by atoms with Crippen LogP contribution in [0, 0.1) is 5.92 Å². The molecule has 0 amide bonds. The van der Waals surface area contributed by atoms with E-state index in [1.165, 1.54) is 0 Å². The van der Waals surface area contributed by atoms with Crippen LogP contribution in [0.25, 0.3) is 0 Å². The number of nitrogens with zero attached hydrogens (tertiary/aromatic N) is 1. The smallest absolute Gasteiger partial charge is 0.323 e. The lowest BCUT2D eigenvalue weighted by Crippen LogP contribution is -2.48. The molecule has 1 rings (SSSR count). The standard InChI is InChI=1S/C12H23NO3/c1-12(2,11(14)15)13(3)7-4-10-5-8-16-9-6-10/h10H,4-9H2,1-3H3,(H,14,15). The van der Waals surface area contributed by atoms with Crippen LogP contribution in [0.5, 0.6) is 0 Å². The van der Waals surface area contributed by atoms with Gasteiger partial charge in [-0.2, -0.15) is 0 Å². The second-order valence-electron chi connectivity index (χ2n) is 5.13. The molecule has 0 saturated carbocycles. The number of ether oxygens (including phenoxy) is 1. The van der Waals surface area contributed by atoms with E-state index in [1.54, 1.807) is 13.8 Å². The zero-order valence-electron chi connectivity index (χ0n) is 10.5. The molecule has 0 aromatic heterocycles. The first-order valence-corrected chi connectivity index (χ1v) is 5.97. The minimum atomic E-state index is -0.773. The maximum atomic E-state index is 11.1. The van der Waals surface area contributed by atoms with Crippen molar-refractivity contribution in [1.29, 1.82) is 0 Å². The Morgan fingerprint density at radius 2 is 2.00 bits per heavy atom. The fourth-order valence-electron chi connectivity index (χ4n) is 1.85. The van der Waals surface area contributed by atoms with Crippen LogP contribution >= 0.6 is 0 Å². The van der Waals surface area contributed by atoms with Crippen molar-refractivity contribution in [2.45, 2.75) is 38.6 Å². The van der Waals surface area contributed by atoms with Crippen molar-refractivity contribution in [3.8, 4) is 0 Å². The lowest BCUT2D eigenvalue weighted by molar-refractivity contribution is -0.148. The fraction of sp³-hybridized carbons (Fsp3) is 0.917. The van der Waals surface area contributed by atoms with Crippen molar-refractivity contribution in [3.63, 3.8) is 0 Å². The summed E-state index contributed by atoms with van der Waals surface area (Å²) in [5, 5.41) is 9.09. The van der Waals surface area contributed by atoms with Crippen LogP contribution in [0.4, 0.5) is 0 Å². The van der Waals surface area contributed by atoms with Crippen molar-refractivity contribution in [2.24, 2.45) is 5.92 Å². The van der Waals surface area contributed by atoms with Crippen molar-refractivity contribution < 1.29 is 14.6 Å². The van der Waals surface area contributed by atoms with E-state index in [2.05, 4.69) is 0 Å². The van der Waals surface area contributed by atoms with Crippen molar-refractivity contribution in [1.82, 2.24) is 4.90 Å². The van der Waals surface area contributed by atoms with Crippen LogP contribution in [0.3, 0.4) is 0 Å². The van der Waals surface area contributed by atoms with E-state index in [9.17, 15) is 4.79 Å².